The highest BCUT2D eigenvalue weighted by molar-refractivity contribution is 6.13. The van der Waals surface area contributed by atoms with Crippen molar-refractivity contribution in [2.45, 2.75) is 6.42 Å². The van der Waals surface area contributed by atoms with E-state index in [1.807, 2.05) is 0 Å². The number of carbonyl (C=O) groups excluding carboxylic acids is 4. The van der Waals surface area contributed by atoms with Crippen molar-refractivity contribution in [2.24, 2.45) is 5.73 Å². The van der Waals surface area contributed by atoms with Crippen molar-refractivity contribution in [1.29, 1.82) is 0 Å². The second-order valence-corrected chi connectivity index (χ2v) is 3.43. The summed E-state index contributed by atoms with van der Waals surface area (Å²) >= 11 is 0. The van der Waals surface area contributed by atoms with Crippen LogP contribution in [-0.2, 0) is 19.1 Å². The van der Waals surface area contributed by atoms with E-state index in [1.165, 1.54) is 0 Å². The highest BCUT2D eigenvalue weighted by Gasteiger charge is 2.23. The van der Waals surface area contributed by atoms with Gasteiger partial charge in [-0.3, -0.25) is 19.3 Å². The molecule has 0 aliphatic carbocycles. The zero-order valence-electron chi connectivity index (χ0n) is 9.55. The van der Waals surface area contributed by atoms with Gasteiger partial charge < -0.3 is 15.8 Å². The molecule has 0 unspecified atom stereocenters. The van der Waals surface area contributed by atoms with E-state index in [4.69, 9.17) is 5.73 Å². The normalized spacial score (nSPS) is 13.9. The van der Waals surface area contributed by atoms with Gasteiger partial charge in [0.2, 0.25) is 5.91 Å². The molecule has 4 amide bonds. The molecular formula is C10H13N3O5. The quantitative estimate of drug-likeness (QED) is 0.443. The molecule has 0 radical (unpaired) electrons. The molecule has 0 aromatic rings. The Hall–Kier alpha value is -2.38. The molecular weight excluding hydrogens is 242 g/mol. The summed E-state index contributed by atoms with van der Waals surface area (Å²) in [4.78, 5) is 44.8. The van der Waals surface area contributed by atoms with Gasteiger partial charge >= 0.3 is 6.09 Å². The maximum atomic E-state index is 11.3. The molecule has 8 nitrogen and oxygen atoms in total. The first-order valence-corrected chi connectivity index (χ1v) is 5.23. The topological polar surface area (TPSA) is 119 Å². The van der Waals surface area contributed by atoms with E-state index in [0.717, 1.165) is 17.1 Å². The molecule has 0 spiro atoms. The van der Waals surface area contributed by atoms with Crippen LogP contribution in [0.5, 0.6) is 0 Å². The average molecular weight is 255 g/mol. The first kappa shape index (κ1) is 13.7. The molecule has 8 heteroatoms. The number of amides is 4. The monoisotopic (exact) mass is 255 g/mol. The van der Waals surface area contributed by atoms with Gasteiger partial charge in [-0.15, -0.1) is 0 Å². The number of carbonyl (C=O) groups is 4. The molecule has 98 valence electrons. The number of hydrogen-bond acceptors (Lipinski definition) is 5. The lowest BCUT2D eigenvalue weighted by Crippen LogP contribution is -2.35. The van der Waals surface area contributed by atoms with Crippen LogP contribution in [0.15, 0.2) is 12.2 Å². The van der Waals surface area contributed by atoms with Gasteiger partial charge in [-0.2, -0.15) is 0 Å². The molecule has 1 heterocycles. The summed E-state index contributed by atoms with van der Waals surface area (Å²) in [6.45, 7) is 0.124. The maximum Gasteiger partial charge on any atom is 0.404 e. The van der Waals surface area contributed by atoms with Crippen molar-refractivity contribution in [3.05, 3.63) is 12.2 Å². The minimum Gasteiger partial charge on any atom is -0.448 e. The van der Waals surface area contributed by atoms with Crippen LogP contribution in [-0.4, -0.2) is 48.4 Å². The van der Waals surface area contributed by atoms with Crippen LogP contribution >= 0.6 is 0 Å². The number of primary amides is 1. The largest absolute Gasteiger partial charge is 0.448 e. The van der Waals surface area contributed by atoms with Crippen molar-refractivity contribution >= 4 is 23.8 Å². The first-order chi connectivity index (χ1) is 8.50. The zero-order valence-corrected chi connectivity index (χ0v) is 9.55. The van der Waals surface area contributed by atoms with Gasteiger partial charge in [-0.05, 0) is 0 Å². The molecule has 1 aliphatic rings. The Morgan fingerprint density at radius 3 is 2.44 bits per heavy atom. The second-order valence-electron chi connectivity index (χ2n) is 3.43. The molecule has 0 fully saturated rings. The fourth-order valence-electron chi connectivity index (χ4n) is 1.30. The number of rotatable bonds is 6. The van der Waals surface area contributed by atoms with Gasteiger partial charge in [-0.1, -0.05) is 0 Å². The van der Waals surface area contributed by atoms with Crippen molar-refractivity contribution in [3.63, 3.8) is 0 Å². The number of nitrogens with zero attached hydrogens (tertiary/aromatic N) is 1. The third kappa shape index (κ3) is 4.24. The summed E-state index contributed by atoms with van der Waals surface area (Å²) in [6.07, 6.45) is 1.39. The fourth-order valence-corrected chi connectivity index (χ4v) is 1.30. The fraction of sp³-hybridized carbons (Fsp3) is 0.400. The Balaban J connectivity index is 2.16. The molecule has 0 bridgehead atoms. The third-order valence-corrected chi connectivity index (χ3v) is 2.13. The molecule has 0 atom stereocenters. The smallest absolute Gasteiger partial charge is 0.404 e. The number of imide groups is 1. The SMILES string of the molecule is NC(=O)OCCNC(=O)CCN1C(=O)C=CC1=O. The average Bonchev–Trinajstić information content (AvgIpc) is 2.62. The minimum atomic E-state index is -0.913. The van der Waals surface area contributed by atoms with Crippen LogP contribution in [0.1, 0.15) is 6.42 Å². The molecule has 0 saturated carbocycles. The van der Waals surface area contributed by atoms with Gasteiger partial charge in [0, 0.05) is 25.1 Å². The Morgan fingerprint density at radius 1 is 1.28 bits per heavy atom. The molecule has 1 aliphatic heterocycles. The van der Waals surface area contributed by atoms with E-state index in [1.54, 1.807) is 0 Å². The molecule has 18 heavy (non-hydrogen) atoms. The Kier molecular flexibility index (Phi) is 4.85. The lowest BCUT2D eigenvalue weighted by Gasteiger charge is -2.13. The van der Waals surface area contributed by atoms with Crippen molar-refractivity contribution in [3.8, 4) is 0 Å². The highest BCUT2D eigenvalue weighted by atomic mass is 16.5. The van der Waals surface area contributed by atoms with Crippen molar-refractivity contribution < 1.29 is 23.9 Å². The van der Waals surface area contributed by atoms with E-state index < -0.39 is 17.9 Å². The lowest BCUT2D eigenvalue weighted by molar-refractivity contribution is -0.137. The van der Waals surface area contributed by atoms with Crippen LogP contribution in [0.3, 0.4) is 0 Å². The summed E-state index contributed by atoms with van der Waals surface area (Å²) in [5, 5.41) is 2.45. The van der Waals surface area contributed by atoms with Crippen molar-refractivity contribution in [1.82, 2.24) is 10.2 Å². The van der Waals surface area contributed by atoms with E-state index in [2.05, 4.69) is 10.1 Å². The maximum absolute atomic E-state index is 11.3. The molecule has 0 saturated heterocycles. The van der Waals surface area contributed by atoms with E-state index in [0.29, 0.717) is 0 Å². The molecule has 1 rings (SSSR count). The van der Waals surface area contributed by atoms with Crippen LogP contribution in [0.2, 0.25) is 0 Å². The summed E-state index contributed by atoms with van der Waals surface area (Å²) in [5.41, 5.74) is 4.72. The Morgan fingerprint density at radius 2 is 1.89 bits per heavy atom. The molecule has 0 aromatic heterocycles. The first-order valence-electron chi connectivity index (χ1n) is 5.23. The van der Waals surface area contributed by atoms with E-state index in [-0.39, 0.29) is 32.0 Å². The number of nitrogens with two attached hydrogens (primary N) is 1. The predicted octanol–water partition coefficient (Wildman–Crippen LogP) is -1.49. The summed E-state index contributed by atoms with van der Waals surface area (Å²) < 4.78 is 4.40. The predicted molar refractivity (Wildman–Crippen MR) is 59.0 cm³/mol. The van der Waals surface area contributed by atoms with Gasteiger partial charge in [0.15, 0.2) is 0 Å². The van der Waals surface area contributed by atoms with Crippen LogP contribution < -0.4 is 11.1 Å². The van der Waals surface area contributed by atoms with Gasteiger partial charge in [-0.25, -0.2) is 4.79 Å². The number of nitrogens with one attached hydrogen (secondary N) is 1. The second kappa shape index (κ2) is 6.38. The van der Waals surface area contributed by atoms with E-state index >= 15 is 0 Å². The lowest BCUT2D eigenvalue weighted by atomic mass is 10.3. The number of ether oxygens (including phenoxy) is 1. The summed E-state index contributed by atoms with van der Waals surface area (Å²) in [5.74, 6) is -1.20. The zero-order chi connectivity index (χ0) is 13.5. The third-order valence-electron chi connectivity index (χ3n) is 2.13. The highest BCUT2D eigenvalue weighted by Crippen LogP contribution is 2.03. The molecule has 0 aromatic carbocycles. The molecule has 3 N–H and O–H groups in total. The van der Waals surface area contributed by atoms with Gasteiger partial charge in [0.1, 0.15) is 6.61 Å². The standard InChI is InChI=1S/C10H13N3O5/c11-10(17)18-6-4-12-7(14)3-5-13-8(15)1-2-9(13)16/h1-2H,3-6H2,(H2,11,17)(H,12,14). The van der Waals surface area contributed by atoms with Crippen LogP contribution in [0.4, 0.5) is 4.79 Å². The van der Waals surface area contributed by atoms with Gasteiger partial charge in [0.05, 0.1) is 6.54 Å². The van der Waals surface area contributed by atoms with E-state index in [9.17, 15) is 19.2 Å². The van der Waals surface area contributed by atoms with Crippen LogP contribution in [0.25, 0.3) is 0 Å². The summed E-state index contributed by atoms with van der Waals surface area (Å²) in [6, 6.07) is 0. The van der Waals surface area contributed by atoms with Gasteiger partial charge in [0.25, 0.3) is 11.8 Å². The minimum absolute atomic E-state index is 0.00423. The Labute approximate surface area is 103 Å². The Bertz CT molecular complexity index is 386. The number of hydrogen-bond donors (Lipinski definition) is 2. The van der Waals surface area contributed by atoms with Crippen molar-refractivity contribution in [2.75, 3.05) is 19.7 Å². The van der Waals surface area contributed by atoms with Crippen LogP contribution in [0, 0.1) is 0 Å². The summed E-state index contributed by atoms with van der Waals surface area (Å²) in [7, 11) is 0.